The molecule has 0 spiro atoms. The first-order chi connectivity index (χ1) is 10.7. The lowest BCUT2D eigenvalue weighted by molar-refractivity contribution is -0.496. The predicted molar refractivity (Wildman–Crippen MR) is 84.8 cm³/mol. The molecule has 0 aliphatic carbocycles. The molecular weight excluding hydrogens is 278 g/mol. The number of anilines is 1. The van der Waals surface area contributed by atoms with Gasteiger partial charge in [0.25, 0.3) is 0 Å². The second-order valence-electron chi connectivity index (χ2n) is 4.98. The van der Waals surface area contributed by atoms with E-state index in [4.69, 9.17) is 5.53 Å². The highest BCUT2D eigenvalue weighted by Gasteiger charge is 2.25. The summed E-state index contributed by atoms with van der Waals surface area (Å²) in [5, 5.41) is 3.60. The highest BCUT2D eigenvalue weighted by atomic mass is 16.3. The van der Waals surface area contributed by atoms with Crippen molar-refractivity contribution in [1.82, 2.24) is 0 Å². The van der Waals surface area contributed by atoms with Crippen molar-refractivity contribution in [3.8, 4) is 11.1 Å². The van der Waals surface area contributed by atoms with Crippen LogP contribution in [0.1, 0.15) is 5.56 Å². The van der Waals surface area contributed by atoms with Crippen molar-refractivity contribution in [2.75, 3.05) is 11.9 Å². The van der Waals surface area contributed by atoms with Gasteiger partial charge in [-0.2, -0.15) is 0 Å². The molecule has 0 amide bonds. The van der Waals surface area contributed by atoms with E-state index in [9.17, 15) is 4.91 Å². The molecule has 0 saturated carbocycles. The maximum atomic E-state index is 12.1. The van der Waals surface area contributed by atoms with Crippen molar-refractivity contribution < 1.29 is 4.76 Å². The zero-order chi connectivity index (χ0) is 15.5. The molecule has 108 valence electrons. The Hall–Kier alpha value is -3.11. The normalized spacial score (nSPS) is 13.8. The number of fused-ring (bicyclic) bond motifs is 1. The Labute approximate surface area is 127 Å². The molecule has 3 rings (SSSR count). The molecule has 0 bridgehead atoms. The molecule has 1 aliphatic heterocycles. The van der Waals surface area contributed by atoms with Gasteiger partial charge in [-0.05, 0) is 27.8 Å². The highest BCUT2D eigenvalue weighted by Crippen LogP contribution is 2.34. The van der Waals surface area contributed by atoms with Gasteiger partial charge >= 0.3 is 0 Å². The van der Waals surface area contributed by atoms with Crippen LogP contribution in [0, 0.1) is 4.91 Å². The number of benzene rings is 2. The van der Waals surface area contributed by atoms with Crippen LogP contribution >= 0.6 is 0 Å². The Bertz CT molecular complexity index is 807. The Morgan fingerprint density at radius 2 is 1.95 bits per heavy atom. The number of hydrogen-bond donors (Lipinski definition) is 0. The van der Waals surface area contributed by atoms with Gasteiger partial charge in [0, 0.05) is 21.6 Å². The summed E-state index contributed by atoms with van der Waals surface area (Å²) in [7, 11) is 1.78. The molecule has 0 saturated heterocycles. The van der Waals surface area contributed by atoms with Gasteiger partial charge in [0.05, 0.1) is 11.3 Å². The topological polar surface area (TPSA) is 72.1 Å². The summed E-state index contributed by atoms with van der Waals surface area (Å²) >= 11 is 0. The van der Waals surface area contributed by atoms with Crippen molar-refractivity contribution in [3.63, 3.8) is 0 Å². The summed E-state index contributed by atoms with van der Waals surface area (Å²) in [6.07, 6.45) is 1.31. The number of azide groups is 1. The third kappa shape index (κ3) is 2.43. The fourth-order valence-electron chi connectivity index (χ4n) is 2.62. The molecule has 2 aromatic carbocycles. The van der Waals surface area contributed by atoms with Gasteiger partial charge in [0.15, 0.2) is 5.82 Å². The average Bonchev–Trinajstić information content (AvgIpc) is 2.66. The molecule has 6 nitrogen and oxygen atoms in total. The van der Waals surface area contributed by atoms with Gasteiger partial charge in [-0.1, -0.05) is 42.5 Å². The molecule has 0 fully saturated rings. The van der Waals surface area contributed by atoms with E-state index in [0.29, 0.717) is 0 Å². The Morgan fingerprint density at radius 3 is 2.68 bits per heavy atom. The van der Waals surface area contributed by atoms with Crippen molar-refractivity contribution in [3.05, 3.63) is 81.5 Å². The number of nitrogens with zero attached hydrogens (tertiary/aromatic N) is 5. The van der Waals surface area contributed by atoms with Gasteiger partial charge in [-0.3, -0.25) is 0 Å². The third-order valence-corrected chi connectivity index (χ3v) is 3.66. The zero-order valence-corrected chi connectivity index (χ0v) is 12.0. The lowest BCUT2D eigenvalue weighted by atomic mass is 9.98. The summed E-state index contributed by atoms with van der Waals surface area (Å²) in [5.41, 5.74) is 12.5. The first kappa shape index (κ1) is 13.9. The molecule has 1 heterocycles. The predicted octanol–water partition coefficient (Wildman–Crippen LogP) is 4.19. The Balaban J connectivity index is 2.19. The van der Waals surface area contributed by atoms with Gasteiger partial charge in [-0.15, -0.1) is 0 Å². The van der Waals surface area contributed by atoms with E-state index in [1.807, 2.05) is 48.5 Å². The second kappa shape index (κ2) is 5.71. The first-order valence-corrected chi connectivity index (χ1v) is 6.82. The monoisotopic (exact) mass is 292 g/mol. The standard InChI is InChI=1S/C16H14N5O/c1-20-15-9-5-8-13(12-6-3-2-4-7-12)14(15)10-21(22)11-16(20)18-19-17/h2-9,11H,10H2,1H3/q+1. The van der Waals surface area contributed by atoms with E-state index >= 15 is 0 Å². The molecule has 1 aliphatic rings. The summed E-state index contributed by atoms with van der Waals surface area (Å²) in [5.74, 6) is 0.279. The minimum absolute atomic E-state index is 0.204. The molecule has 0 aromatic heterocycles. The van der Waals surface area contributed by atoms with Crippen LogP contribution in [0.4, 0.5) is 5.69 Å². The fraction of sp³-hybridized carbons (Fsp3) is 0.125. The molecule has 6 heteroatoms. The molecule has 2 aromatic rings. The van der Waals surface area contributed by atoms with E-state index in [1.54, 1.807) is 11.9 Å². The highest BCUT2D eigenvalue weighted by molar-refractivity contribution is 5.75. The fourth-order valence-corrected chi connectivity index (χ4v) is 2.62. The number of nitroso groups, excluding NO2 is 1. The number of hydrogen-bond acceptors (Lipinski definition) is 3. The van der Waals surface area contributed by atoms with Crippen molar-refractivity contribution >= 4 is 5.69 Å². The minimum Gasteiger partial charge on any atom is -0.337 e. The summed E-state index contributed by atoms with van der Waals surface area (Å²) in [4.78, 5) is 16.6. The van der Waals surface area contributed by atoms with E-state index in [-0.39, 0.29) is 12.4 Å². The van der Waals surface area contributed by atoms with Crippen LogP contribution in [0.25, 0.3) is 21.6 Å². The molecule has 0 radical (unpaired) electrons. The maximum absolute atomic E-state index is 12.1. The molecule has 0 N–H and O–H groups in total. The van der Waals surface area contributed by atoms with Crippen molar-refractivity contribution in [2.24, 2.45) is 5.11 Å². The SMILES string of the molecule is CN1C(N=[N+]=[N-])=C[N+](=O)Cc2c(-c3ccccc3)cccc21. The van der Waals surface area contributed by atoms with Crippen molar-refractivity contribution in [1.29, 1.82) is 0 Å². The van der Waals surface area contributed by atoms with Crippen LogP contribution in [0.3, 0.4) is 0 Å². The lowest BCUT2D eigenvalue weighted by Crippen LogP contribution is -2.15. The summed E-state index contributed by atoms with van der Waals surface area (Å²) < 4.78 is 0.790. The van der Waals surface area contributed by atoms with Crippen LogP contribution in [-0.2, 0) is 6.54 Å². The van der Waals surface area contributed by atoms with E-state index in [2.05, 4.69) is 10.0 Å². The first-order valence-electron chi connectivity index (χ1n) is 6.82. The average molecular weight is 292 g/mol. The minimum atomic E-state index is 0.204. The molecular formula is C16H14N5O+. The molecule has 22 heavy (non-hydrogen) atoms. The van der Waals surface area contributed by atoms with E-state index in [1.165, 1.54) is 6.20 Å². The largest absolute Gasteiger partial charge is 0.337 e. The lowest BCUT2D eigenvalue weighted by Gasteiger charge is -2.19. The molecule has 0 unspecified atom stereocenters. The van der Waals surface area contributed by atoms with Gasteiger partial charge < -0.3 is 4.90 Å². The van der Waals surface area contributed by atoms with Crippen LogP contribution in [0.2, 0.25) is 0 Å². The number of rotatable bonds is 2. The van der Waals surface area contributed by atoms with Gasteiger partial charge in [0.2, 0.25) is 12.7 Å². The van der Waals surface area contributed by atoms with E-state index < -0.39 is 0 Å². The van der Waals surface area contributed by atoms with E-state index in [0.717, 1.165) is 27.1 Å². The Kier molecular flexibility index (Phi) is 3.60. The second-order valence-corrected chi connectivity index (χ2v) is 4.98. The third-order valence-electron chi connectivity index (χ3n) is 3.66. The zero-order valence-electron chi connectivity index (χ0n) is 12.0. The molecule has 0 atom stereocenters. The van der Waals surface area contributed by atoms with Crippen LogP contribution < -0.4 is 4.90 Å². The maximum Gasteiger partial charge on any atom is 0.247 e. The Morgan fingerprint density at radius 1 is 1.18 bits per heavy atom. The smallest absolute Gasteiger partial charge is 0.247 e. The van der Waals surface area contributed by atoms with Crippen molar-refractivity contribution in [2.45, 2.75) is 6.54 Å². The van der Waals surface area contributed by atoms with Crippen LogP contribution in [0.5, 0.6) is 0 Å². The summed E-state index contributed by atoms with van der Waals surface area (Å²) in [6.45, 7) is 0.204. The van der Waals surface area contributed by atoms with Gasteiger partial charge in [0.1, 0.15) is 0 Å². The quantitative estimate of drug-likeness (QED) is 0.360. The van der Waals surface area contributed by atoms with Crippen LogP contribution in [0.15, 0.2) is 65.7 Å². The van der Waals surface area contributed by atoms with Crippen LogP contribution in [-0.4, -0.2) is 11.8 Å². The van der Waals surface area contributed by atoms with Gasteiger partial charge in [-0.25, -0.2) is 0 Å². The summed E-state index contributed by atoms with van der Waals surface area (Å²) in [6, 6.07) is 15.8.